The smallest absolute Gasteiger partial charge is 0.00926 e. The summed E-state index contributed by atoms with van der Waals surface area (Å²) >= 11 is 0. The van der Waals surface area contributed by atoms with Crippen LogP contribution in [0.3, 0.4) is 0 Å². The predicted molar refractivity (Wildman–Crippen MR) is 160 cm³/mol. The lowest BCUT2D eigenvalue weighted by molar-refractivity contribution is 0.632. The minimum atomic E-state index is 1.19. The molecule has 0 amide bonds. The van der Waals surface area contributed by atoms with Crippen molar-refractivity contribution < 1.29 is 0 Å². The highest BCUT2D eigenvalue weighted by Gasteiger charge is 2.16. The van der Waals surface area contributed by atoms with Crippen LogP contribution < -0.4 is 0 Å². The average Bonchev–Trinajstić information content (AvgIpc) is 3.27. The SMILES string of the molecule is CCCCCCCc1ccc2cc3c(ccc4c5ccc(CCCCCCC)ccc-5cc43)c-2cc1. The minimum Gasteiger partial charge on any atom is -0.0654 e. The summed E-state index contributed by atoms with van der Waals surface area (Å²) in [6.45, 7) is 4.57. The molecule has 0 saturated carbocycles. The standard InChI is InChI=1S/C36H42/c1-3-5-7-9-11-13-27-15-19-29-25-35-33(31(29)21-17-27)23-24-34-32-22-18-28(14-12-10-8-6-4-2)16-20-30(32)26-36(34)35/h15-26H,3-14H2,1-2H3. The fraction of sp³-hybridized carbons (Fsp3) is 0.389. The van der Waals surface area contributed by atoms with Gasteiger partial charge in [-0.2, -0.15) is 0 Å². The van der Waals surface area contributed by atoms with Crippen molar-refractivity contribution in [3.05, 3.63) is 83.9 Å². The molecule has 5 rings (SSSR count). The van der Waals surface area contributed by atoms with Gasteiger partial charge in [-0.1, -0.05) is 126 Å². The Labute approximate surface area is 218 Å². The number of rotatable bonds is 12. The number of benzene rings is 1. The zero-order valence-electron chi connectivity index (χ0n) is 22.4. The third-order valence-electron chi connectivity index (χ3n) is 8.11. The molecule has 36 heavy (non-hydrogen) atoms. The molecular weight excluding hydrogens is 432 g/mol. The van der Waals surface area contributed by atoms with E-state index < -0.39 is 0 Å². The Morgan fingerprint density at radius 3 is 1.25 bits per heavy atom. The number of hydrogen-bond donors (Lipinski definition) is 0. The van der Waals surface area contributed by atoms with Gasteiger partial charge in [0.1, 0.15) is 0 Å². The Kier molecular flexibility index (Phi) is 8.22. The maximum atomic E-state index is 2.42. The monoisotopic (exact) mass is 474 g/mol. The molecule has 0 heterocycles. The molecule has 0 heteroatoms. The van der Waals surface area contributed by atoms with Gasteiger partial charge in [0, 0.05) is 0 Å². The largest absolute Gasteiger partial charge is 0.0654 e. The Balaban J connectivity index is 1.40. The fourth-order valence-corrected chi connectivity index (χ4v) is 5.93. The van der Waals surface area contributed by atoms with Gasteiger partial charge < -0.3 is 0 Å². The van der Waals surface area contributed by atoms with E-state index in [2.05, 4.69) is 86.6 Å². The quantitative estimate of drug-likeness (QED) is 0.158. The predicted octanol–water partition coefficient (Wildman–Crippen LogP) is 11.2. The zero-order chi connectivity index (χ0) is 24.7. The lowest BCUT2D eigenvalue weighted by Crippen LogP contribution is -1.83. The first-order valence-electron chi connectivity index (χ1n) is 14.6. The molecular formula is C36H42. The van der Waals surface area contributed by atoms with Gasteiger partial charge in [-0.3, -0.25) is 0 Å². The highest BCUT2D eigenvalue weighted by atomic mass is 14.2. The van der Waals surface area contributed by atoms with E-state index in [1.807, 2.05) is 0 Å². The molecule has 4 aliphatic carbocycles. The van der Waals surface area contributed by atoms with E-state index >= 15 is 0 Å². The van der Waals surface area contributed by atoms with Gasteiger partial charge in [-0.25, -0.2) is 0 Å². The topological polar surface area (TPSA) is 0 Å². The first kappa shape index (κ1) is 24.8. The van der Waals surface area contributed by atoms with Crippen LogP contribution in [0.2, 0.25) is 0 Å². The van der Waals surface area contributed by atoms with Crippen LogP contribution in [-0.4, -0.2) is 0 Å². The molecule has 186 valence electrons. The first-order chi connectivity index (χ1) is 17.8. The molecule has 1 aromatic rings. The van der Waals surface area contributed by atoms with E-state index in [9.17, 15) is 0 Å². The molecule has 0 radical (unpaired) electrons. The summed E-state index contributed by atoms with van der Waals surface area (Å²) in [5.41, 5.74) is 8.40. The molecule has 0 fully saturated rings. The maximum absolute atomic E-state index is 2.42. The third kappa shape index (κ3) is 5.44. The zero-order valence-corrected chi connectivity index (χ0v) is 22.4. The van der Waals surface area contributed by atoms with Crippen molar-refractivity contribution in [2.24, 2.45) is 0 Å². The maximum Gasteiger partial charge on any atom is -0.00926 e. The first-order valence-corrected chi connectivity index (χ1v) is 14.6. The molecule has 4 aliphatic rings. The van der Waals surface area contributed by atoms with Crippen molar-refractivity contribution in [2.45, 2.75) is 90.9 Å². The number of fused-ring (bicyclic) bond motifs is 7. The summed E-state index contributed by atoms with van der Waals surface area (Å²) in [6.07, 6.45) is 15.8. The second-order valence-electron chi connectivity index (χ2n) is 10.8. The van der Waals surface area contributed by atoms with Crippen molar-refractivity contribution in [3.8, 4) is 22.3 Å². The molecule has 0 aromatic heterocycles. The van der Waals surface area contributed by atoms with Gasteiger partial charge in [0.2, 0.25) is 0 Å². The van der Waals surface area contributed by atoms with Gasteiger partial charge in [-0.15, -0.1) is 0 Å². The molecule has 0 bridgehead atoms. The molecule has 0 saturated heterocycles. The Morgan fingerprint density at radius 1 is 0.389 bits per heavy atom. The van der Waals surface area contributed by atoms with Crippen LogP contribution in [0.1, 0.15) is 89.2 Å². The van der Waals surface area contributed by atoms with Crippen LogP contribution in [0.4, 0.5) is 0 Å². The van der Waals surface area contributed by atoms with E-state index in [-0.39, 0.29) is 0 Å². The second kappa shape index (κ2) is 11.9. The minimum absolute atomic E-state index is 1.19. The molecule has 0 atom stereocenters. The van der Waals surface area contributed by atoms with E-state index in [1.165, 1.54) is 132 Å². The highest BCUT2D eigenvalue weighted by molar-refractivity contribution is 6.20. The van der Waals surface area contributed by atoms with Crippen LogP contribution in [-0.2, 0) is 12.8 Å². The van der Waals surface area contributed by atoms with Crippen molar-refractivity contribution in [3.63, 3.8) is 0 Å². The van der Waals surface area contributed by atoms with Crippen molar-refractivity contribution >= 4 is 21.5 Å². The lowest BCUT2D eigenvalue weighted by atomic mass is 10.1. The summed E-state index contributed by atoms with van der Waals surface area (Å²) in [5.74, 6) is 0. The van der Waals surface area contributed by atoms with Gasteiger partial charge in [0.05, 0.1) is 0 Å². The van der Waals surface area contributed by atoms with Crippen LogP contribution in [0.15, 0.2) is 72.8 Å². The van der Waals surface area contributed by atoms with E-state index in [0.29, 0.717) is 0 Å². The Hall–Kier alpha value is -2.86. The molecule has 0 nitrogen and oxygen atoms in total. The van der Waals surface area contributed by atoms with Crippen LogP contribution in [0.5, 0.6) is 0 Å². The molecule has 0 spiro atoms. The fourth-order valence-electron chi connectivity index (χ4n) is 5.93. The number of aryl methyl sites for hydroxylation is 2. The molecule has 0 unspecified atom stereocenters. The van der Waals surface area contributed by atoms with Gasteiger partial charge in [0.25, 0.3) is 0 Å². The van der Waals surface area contributed by atoms with Crippen molar-refractivity contribution in [1.82, 2.24) is 0 Å². The van der Waals surface area contributed by atoms with Gasteiger partial charge >= 0.3 is 0 Å². The van der Waals surface area contributed by atoms with Crippen molar-refractivity contribution in [2.75, 3.05) is 0 Å². The van der Waals surface area contributed by atoms with Gasteiger partial charge in [-0.05, 0) is 92.7 Å². The van der Waals surface area contributed by atoms with Crippen molar-refractivity contribution in [1.29, 1.82) is 0 Å². The second-order valence-corrected chi connectivity index (χ2v) is 10.8. The molecule has 0 aliphatic heterocycles. The van der Waals surface area contributed by atoms with Crippen LogP contribution in [0, 0.1) is 0 Å². The molecule has 1 aromatic carbocycles. The normalized spacial score (nSPS) is 11.8. The lowest BCUT2D eigenvalue weighted by Gasteiger charge is -1.99. The van der Waals surface area contributed by atoms with E-state index in [4.69, 9.17) is 0 Å². The summed E-state index contributed by atoms with van der Waals surface area (Å²) in [4.78, 5) is 0. The Bertz CT molecular complexity index is 1250. The van der Waals surface area contributed by atoms with E-state index in [1.54, 1.807) is 0 Å². The van der Waals surface area contributed by atoms with E-state index in [0.717, 1.165) is 0 Å². The number of unbranched alkanes of at least 4 members (excludes halogenated alkanes) is 8. The highest BCUT2D eigenvalue weighted by Crippen LogP contribution is 2.42. The van der Waals surface area contributed by atoms with Crippen LogP contribution in [0.25, 0.3) is 43.8 Å². The van der Waals surface area contributed by atoms with Crippen LogP contribution >= 0.6 is 0 Å². The summed E-state index contributed by atoms with van der Waals surface area (Å²) in [7, 11) is 0. The van der Waals surface area contributed by atoms with Gasteiger partial charge in [0.15, 0.2) is 0 Å². The summed E-state index contributed by atoms with van der Waals surface area (Å²) < 4.78 is 0. The third-order valence-corrected chi connectivity index (χ3v) is 8.11. The Morgan fingerprint density at radius 2 is 0.806 bits per heavy atom. The number of hydrogen-bond acceptors (Lipinski definition) is 0. The summed E-state index contributed by atoms with van der Waals surface area (Å²) in [5, 5.41) is 5.56. The average molecular weight is 475 g/mol. The molecule has 0 N–H and O–H groups in total. The summed E-state index contributed by atoms with van der Waals surface area (Å²) in [6, 6.07) is 28.4.